The van der Waals surface area contributed by atoms with Gasteiger partial charge in [0.2, 0.25) is 0 Å². The smallest absolute Gasteiger partial charge is 0.316 e. The molecule has 3 nitrogen and oxygen atoms in total. The SMILES string of the molecule is CC1Cc2cc(OC(=O)C(C)(C)C)c(C(C)(C)C)cc2O1. The summed E-state index contributed by atoms with van der Waals surface area (Å²) in [4.78, 5) is 12.2. The Kier molecular flexibility index (Phi) is 3.81. The molecule has 0 spiro atoms. The minimum absolute atomic E-state index is 0.113. The van der Waals surface area contributed by atoms with Crippen LogP contribution in [0.1, 0.15) is 59.6 Å². The number of benzene rings is 1. The van der Waals surface area contributed by atoms with Crippen LogP contribution in [0.3, 0.4) is 0 Å². The van der Waals surface area contributed by atoms with Crippen LogP contribution in [0.25, 0.3) is 0 Å². The van der Waals surface area contributed by atoms with E-state index in [9.17, 15) is 4.79 Å². The molecular weight excluding hydrogens is 264 g/mol. The molecule has 1 aliphatic heterocycles. The molecule has 0 saturated carbocycles. The molecule has 1 atom stereocenters. The zero-order valence-corrected chi connectivity index (χ0v) is 14.2. The van der Waals surface area contributed by atoms with Gasteiger partial charge in [-0.05, 0) is 45.2 Å². The number of fused-ring (bicyclic) bond motifs is 1. The molecule has 0 saturated heterocycles. The zero-order chi connectivity index (χ0) is 16.0. The van der Waals surface area contributed by atoms with Crippen LogP contribution in [0, 0.1) is 5.41 Å². The fourth-order valence-corrected chi connectivity index (χ4v) is 2.36. The van der Waals surface area contributed by atoms with Crippen molar-refractivity contribution >= 4 is 5.97 Å². The summed E-state index contributed by atoms with van der Waals surface area (Å²) in [6.45, 7) is 14.0. The van der Waals surface area contributed by atoms with Gasteiger partial charge in [0.15, 0.2) is 0 Å². The fourth-order valence-electron chi connectivity index (χ4n) is 2.36. The summed E-state index contributed by atoms with van der Waals surface area (Å²) in [6.07, 6.45) is 1.04. The van der Waals surface area contributed by atoms with Gasteiger partial charge < -0.3 is 9.47 Å². The van der Waals surface area contributed by atoms with Crippen LogP contribution in [-0.2, 0) is 16.6 Å². The van der Waals surface area contributed by atoms with E-state index in [0.29, 0.717) is 5.75 Å². The second-order valence-electron chi connectivity index (χ2n) is 7.98. The van der Waals surface area contributed by atoms with E-state index in [0.717, 1.165) is 23.3 Å². The van der Waals surface area contributed by atoms with Gasteiger partial charge >= 0.3 is 5.97 Å². The molecule has 0 aliphatic carbocycles. The molecule has 0 aromatic heterocycles. The predicted octanol–water partition coefficient (Wildman–Crippen LogP) is 4.26. The molecule has 0 fully saturated rings. The summed E-state index contributed by atoms with van der Waals surface area (Å²) >= 11 is 0. The van der Waals surface area contributed by atoms with Crippen molar-refractivity contribution in [3.05, 3.63) is 23.3 Å². The molecule has 21 heavy (non-hydrogen) atoms. The molecule has 1 unspecified atom stereocenters. The first kappa shape index (κ1) is 15.9. The summed E-state index contributed by atoms with van der Waals surface area (Å²) in [6, 6.07) is 4.01. The summed E-state index contributed by atoms with van der Waals surface area (Å²) in [5, 5.41) is 0. The third kappa shape index (κ3) is 3.39. The molecule has 1 aliphatic rings. The molecule has 0 N–H and O–H groups in total. The van der Waals surface area contributed by atoms with Crippen molar-refractivity contribution in [2.24, 2.45) is 5.41 Å². The highest BCUT2D eigenvalue weighted by Gasteiger charge is 2.30. The maximum absolute atomic E-state index is 12.2. The first-order chi connectivity index (χ1) is 9.48. The highest BCUT2D eigenvalue weighted by atomic mass is 16.5. The van der Waals surface area contributed by atoms with E-state index >= 15 is 0 Å². The predicted molar refractivity (Wildman–Crippen MR) is 84.0 cm³/mol. The quantitative estimate of drug-likeness (QED) is 0.572. The Bertz CT molecular complexity index is 559. The average Bonchev–Trinajstić information content (AvgIpc) is 2.64. The molecule has 0 amide bonds. The average molecular weight is 290 g/mol. The third-order valence-corrected chi connectivity index (χ3v) is 3.62. The monoisotopic (exact) mass is 290 g/mol. The molecule has 1 aromatic rings. The molecule has 1 heterocycles. The molecule has 2 rings (SSSR count). The first-order valence-corrected chi connectivity index (χ1v) is 7.55. The van der Waals surface area contributed by atoms with Crippen molar-refractivity contribution in [2.45, 2.75) is 66.4 Å². The normalized spacial score (nSPS) is 18.1. The Morgan fingerprint density at radius 1 is 1.19 bits per heavy atom. The van der Waals surface area contributed by atoms with Gasteiger partial charge in [0, 0.05) is 17.5 Å². The van der Waals surface area contributed by atoms with E-state index in [-0.39, 0.29) is 17.5 Å². The Morgan fingerprint density at radius 2 is 1.81 bits per heavy atom. The van der Waals surface area contributed by atoms with Crippen LogP contribution in [0.4, 0.5) is 0 Å². The summed E-state index contributed by atoms with van der Waals surface area (Å²) in [7, 11) is 0. The third-order valence-electron chi connectivity index (χ3n) is 3.62. The molecule has 1 aromatic carbocycles. The molecule has 0 radical (unpaired) electrons. The van der Waals surface area contributed by atoms with Crippen LogP contribution >= 0.6 is 0 Å². The number of hydrogen-bond donors (Lipinski definition) is 0. The fraction of sp³-hybridized carbons (Fsp3) is 0.611. The van der Waals surface area contributed by atoms with Crippen molar-refractivity contribution in [2.75, 3.05) is 0 Å². The van der Waals surface area contributed by atoms with E-state index in [1.165, 1.54) is 0 Å². The summed E-state index contributed by atoms with van der Waals surface area (Å²) in [5.41, 5.74) is 1.50. The van der Waals surface area contributed by atoms with Gasteiger partial charge in [0.25, 0.3) is 0 Å². The lowest BCUT2D eigenvalue weighted by Gasteiger charge is -2.25. The van der Waals surface area contributed by atoms with E-state index in [2.05, 4.69) is 27.7 Å². The number of carbonyl (C=O) groups excluding carboxylic acids is 1. The Balaban J connectivity index is 2.44. The lowest BCUT2D eigenvalue weighted by atomic mass is 9.85. The molecular formula is C18H26O3. The summed E-state index contributed by atoms with van der Waals surface area (Å²) in [5.74, 6) is 1.38. The van der Waals surface area contributed by atoms with E-state index in [1.54, 1.807) is 0 Å². The van der Waals surface area contributed by atoms with Crippen molar-refractivity contribution in [1.82, 2.24) is 0 Å². The molecule has 116 valence electrons. The Morgan fingerprint density at radius 3 is 2.33 bits per heavy atom. The van der Waals surface area contributed by atoms with Gasteiger partial charge in [-0.3, -0.25) is 4.79 Å². The lowest BCUT2D eigenvalue weighted by Crippen LogP contribution is -2.27. The second-order valence-corrected chi connectivity index (χ2v) is 7.98. The zero-order valence-electron chi connectivity index (χ0n) is 14.2. The van der Waals surface area contributed by atoms with Crippen LogP contribution < -0.4 is 9.47 Å². The number of esters is 1. The number of hydrogen-bond acceptors (Lipinski definition) is 3. The molecule has 3 heteroatoms. The standard InChI is InChI=1S/C18H26O3/c1-11-8-12-9-15(21-16(19)18(5,6)7)13(17(2,3)4)10-14(12)20-11/h9-11H,8H2,1-7H3. The van der Waals surface area contributed by atoms with E-state index < -0.39 is 5.41 Å². The highest BCUT2D eigenvalue weighted by Crippen LogP contribution is 2.40. The first-order valence-electron chi connectivity index (χ1n) is 7.55. The van der Waals surface area contributed by atoms with Gasteiger partial charge in [-0.25, -0.2) is 0 Å². The van der Waals surface area contributed by atoms with Gasteiger partial charge in [0.05, 0.1) is 5.41 Å². The van der Waals surface area contributed by atoms with E-state index in [1.807, 2.05) is 32.9 Å². The topological polar surface area (TPSA) is 35.5 Å². The molecule has 0 bridgehead atoms. The van der Waals surface area contributed by atoms with Crippen molar-refractivity contribution in [1.29, 1.82) is 0 Å². The maximum atomic E-state index is 12.2. The van der Waals surface area contributed by atoms with Crippen LogP contribution in [-0.4, -0.2) is 12.1 Å². The Hall–Kier alpha value is -1.51. The van der Waals surface area contributed by atoms with Crippen molar-refractivity contribution < 1.29 is 14.3 Å². The number of ether oxygens (including phenoxy) is 2. The van der Waals surface area contributed by atoms with Crippen molar-refractivity contribution in [3.8, 4) is 11.5 Å². The second kappa shape index (κ2) is 5.04. The highest BCUT2D eigenvalue weighted by molar-refractivity contribution is 5.78. The van der Waals surface area contributed by atoms with Gasteiger partial charge in [0.1, 0.15) is 17.6 Å². The van der Waals surface area contributed by atoms with Crippen LogP contribution in [0.5, 0.6) is 11.5 Å². The minimum atomic E-state index is -0.516. The number of rotatable bonds is 1. The number of carbonyl (C=O) groups is 1. The lowest BCUT2D eigenvalue weighted by molar-refractivity contribution is -0.143. The minimum Gasteiger partial charge on any atom is -0.490 e. The van der Waals surface area contributed by atoms with Gasteiger partial charge in [-0.2, -0.15) is 0 Å². The van der Waals surface area contributed by atoms with Gasteiger partial charge in [-0.15, -0.1) is 0 Å². The maximum Gasteiger partial charge on any atom is 0.316 e. The van der Waals surface area contributed by atoms with E-state index in [4.69, 9.17) is 9.47 Å². The van der Waals surface area contributed by atoms with Crippen molar-refractivity contribution in [3.63, 3.8) is 0 Å². The van der Waals surface area contributed by atoms with Crippen LogP contribution in [0.15, 0.2) is 12.1 Å². The van der Waals surface area contributed by atoms with Crippen LogP contribution in [0.2, 0.25) is 0 Å². The Labute approximate surface area is 127 Å². The van der Waals surface area contributed by atoms with Gasteiger partial charge in [-0.1, -0.05) is 20.8 Å². The largest absolute Gasteiger partial charge is 0.490 e. The summed E-state index contributed by atoms with van der Waals surface area (Å²) < 4.78 is 11.5.